The summed E-state index contributed by atoms with van der Waals surface area (Å²) in [7, 11) is 0. The van der Waals surface area contributed by atoms with E-state index in [4.69, 9.17) is 10.8 Å². The van der Waals surface area contributed by atoms with E-state index in [9.17, 15) is 9.59 Å². The highest BCUT2D eigenvalue weighted by Crippen LogP contribution is 2.28. The number of nitrogens with two attached hydrogens (primary N) is 1. The molecule has 1 amide bonds. The Labute approximate surface area is 107 Å². The fraction of sp³-hybridized carbons (Fsp3) is 0.846. The van der Waals surface area contributed by atoms with E-state index in [1.165, 1.54) is 11.3 Å². The van der Waals surface area contributed by atoms with Crippen LogP contribution in [0.1, 0.15) is 44.9 Å². The second-order valence-corrected chi connectivity index (χ2v) is 5.45. The Bertz CT molecular complexity index is 326. The van der Waals surface area contributed by atoms with Crippen molar-refractivity contribution >= 4 is 11.9 Å². The van der Waals surface area contributed by atoms with Crippen LogP contribution in [0.3, 0.4) is 0 Å². The number of hydrogen-bond donors (Lipinski definition) is 2. The van der Waals surface area contributed by atoms with E-state index in [-0.39, 0.29) is 11.8 Å². The van der Waals surface area contributed by atoms with Gasteiger partial charge in [-0.15, -0.1) is 0 Å². The van der Waals surface area contributed by atoms with Crippen LogP contribution in [0.4, 0.5) is 0 Å². The van der Waals surface area contributed by atoms with Crippen LogP contribution in [0.15, 0.2) is 0 Å². The van der Waals surface area contributed by atoms with E-state index in [1.807, 2.05) is 0 Å². The molecule has 1 saturated heterocycles. The molecule has 18 heavy (non-hydrogen) atoms. The van der Waals surface area contributed by atoms with Gasteiger partial charge in [-0.2, -0.15) is 0 Å². The monoisotopic (exact) mass is 254 g/mol. The van der Waals surface area contributed by atoms with E-state index >= 15 is 0 Å². The van der Waals surface area contributed by atoms with Gasteiger partial charge >= 0.3 is 5.97 Å². The fourth-order valence-corrected chi connectivity index (χ4v) is 3.17. The molecule has 0 spiro atoms. The maximum atomic E-state index is 12.3. The molecule has 0 bridgehead atoms. The van der Waals surface area contributed by atoms with Crippen LogP contribution in [0.25, 0.3) is 0 Å². The van der Waals surface area contributed by atoms with Gasteiger partial charge in [0, 0.05) is 6.54 Å². The maximum Gasteiger partial charge on any atom is 0.326 e. The third-order valence-electron chi connectivity index (χ3n) is 4.26. The number of amides is 1. The molecule has 1 aliphatic heterocycles. The molecular weight excluding hydrogens is 232 g/mol. The Balaban J connectivity index is 1.99. The first-order valence-corrected chi connectivity index (χ1v) is 6.90. The lowest BCUT2D eigenvalue weighted by molar-refractivity contribution is -0.149. The molecule has 1 unspecified atom stereocenters. The number of carbonyl (C=O) groups excluding carboxylic acids is 1. The summed E-state index contributed by atoms with van der Waals surface area (Å²) in [5.41, 5.74) is 6.05. The predicted molar refractivity (Wildman–Crippen MR) is 66.9 cm³/mol. The number of nitrogens with zero attached hydrogens (tertiary/aromatic N) is 1. The fourth-order valence-electron chi connectivity index (χ4n) is 3.17. The van der Waals surface area contributed by atoms with Crippen LogP contribution < -0.4 is 5.73 Å². The second-order valence-electron chi connectivity index (χ2n) is 5.45. The molecule has 3 N–H and O–H groups in total. The van der Waals surface area contributed by atoms with E-state index in [1.54, 1.807) is 0 Å². The highest BCUT2D eigenvalue weighted by atomic mass is 16.4. The quantitative estimate of drug-likeness (QED) is 0.786. The first-order valence-electron chi connectivity index (χ1n) is 6.90. The molecule has 102 valence electrons. The van der Waals surface area contributed by atoms with E-state index < -0.39 is 18.1 Å². The van der Waals surface area contributed by atoms with Gasteiger partial charge in [0.15, 0.2) is 0 Å². The summed E-state index contributed by atoms with van der Waals surface area (Å²) in [5, 5.41) is 9.09. The molecule has 5 heteroatoms. The summed E-state index contributed by atoms with van der Waals surface area (Å²) in [6, 6.07) is -1.17. The van der Waals surface area contributed by atoms with Crippen LogP contribution in [0, 0.1) is 5.92 Å². The minimum atomic E-state index is -0.906. The maximum absolute atomic E-state index is 12.3. The third kappa shape index (κ3) is 2.66. The Morgan fingerprint density at radius 3 is 2.39 bits per heavy atom. The Kier molecular flexibility index (Phi) is 4.22. The van der Waals surface area contributed by atoms with Crippen molar-refractivity contribution in [2.24, 2.45) is 11.7 Å². The number of carbonyl (C=O) groups is 2. The number of aliphatic carboxylic acids is 1. The smallest absolute Gasteiger partial charge is 0.326 e. The van der Waals surface area contributed by atoms with Crippen LogP contribution in [0.2, 0.25) is 0 Å². The van der Waals surface area contributed by atoms with Gasteiger partial charge in [-0.3, -0.25) is 4.79 Å². The third-order valence-corrected chi connectivity index (χ3v) is 4.26. The van der Waals surface area contributed by atoms with Crippen LogP contribution >= 0.6 is 0 Å². The molecule has 1 heterocycles. The molecule has 2 rings (SSSR count). The molecule has 0 aromatic heterocycles. The molecule has 1 aliphatic carbocycles. The number of likely N-dealkylation sites (tertiary alicyclic amines) is 1. The van der Waals surface area contributed by atoms with Crippen LogP contribution in [-0.4, -0.2) is 40.5 Å². The number of carboxylic acid groups (broad SMARTS) is 1. The lowest BCUT2D eigenvalue weighted by atomic mass is 9.83. The van der Waals surface area contributed by atoms with Crippen molar-refractivity contribution < 1.29 is 14.7 Å². The van der Waals surface area contributed by atoms with E-state index in [0.29, 0.717) is 13.0 Å². The zero-order chi connectivity index (χ0) is 13.1. The van der Waals surface area contributed by atoms with Crippen LogP contribution in [-0.2, 0) is 9.59 Å². The lowest BCUT2D eigenvalue weighted by Gasteiger charge is -2.31. The largest absolute Gasteiger partial charge is 0.480 e. The first-order chi connectivity index (χ1) is 8.61. The topological polar surface area (TPSA) is 83.6 Å². The zero-order valence-corrected chi connectivity index (χ0v) is 10.7. The van der Waals surface area contributed by atoms with Gasteiger partial charge in [-0.05, 0) is 31.6 Å². The normalized spacial score (nSPS) is 27.2. The highest BCUT2D eigenvalue weighted by molar-refractivity contribution is 5.87. The first kappa shape index (κ1) is 13.3. The van der Waals surface area contributed by atoms with Crippen molar-refractivity contribution in [2.45, 2.75) is 57.0 Å². The molecular formula is C13H22N2O3. The lowest BCUT2D eigenvalue weighted by Crippen LogP contribution is -2.51. The second kappa shape index (κ2) is 5.69. The molecule has 5 nitrogen and oxygen atoms in total. The summed E-state index contributed by atoms with van der Waals surface area (Å²) in [6.07, 6.45) is 6.80. The highest BCUT2D eigenvalue weighted by Gasteiger charge is 2.38. The van der Waals surface area contributed by atoms with Gasteiger partial charge < -0.3 is 15.7 Å². The summed E-state index contributed by atoms with van der Waals surface area (Å²) in [6.45, 7) is 0.538. The summed E-state index contributed by atoms with van der Waals surface area (Å²) in [5.74, 6) is -0.829. The Hall–Kier alpha value is -1.10. The number of carboxylic acids is 1. The molecule has 2 aliphatic rings. The van der Waals surface area contributed by atoms with E-state index in [0.717, 1.165) is 32.1 Å². The molecule has 1 saturated carbocycles. The molecule has 2 fully saturated rings. The van der Waals surface area contributed by atoms with Gasteiger partial charge in [0.2, 0.25) is 5.91 Å². The zero-order valence-electron chi connectivity index (χ0n) is 10.7. The average Bonchev–Trinajstić information content (AvgIpc) is 2.87. The Morgan fingerprint density at radius 1 is 1.11 bits per heavy atom. The average molecular weight is 254 g/mol. The van der Waals surface area contributed by atoms with Gasteiger partial charge in [0.1, 0.15) is 6.04 Å². The molecule has 0 aromatic rings. The van der Waals surface area contributed by atoms with Crippen molar-refractivity contribution in [3.63, 3.8) is 0 Å². The minimum Gasteiger partial charge on any atom is -0.480 e. The van der Waals surface area contributed by atoms with E-state index in [2.05, 4.69) is 0 Å². The van der Waals surface area contributed by atoms with Crippen molar-refractivity contribution in [1.29, 1.82) is 0 Å². The van der Waals surface area contributed by atoms with Crippen molar-refractivity contribution in [1.82, 2.24) is 4.90 Å². The van der Waals surface area contributed by atoms with Gasteiger partial charge in [0.05, 0.1) is 6.04 Å². The van der Waals surface area contributed by atoms with Gasteiger partial charge in [-0.1, -0.05) is 19.3 Å². The molecule has 0 aromatic carbocycles. The predicted octanol–water partition coefficient (Wildman–Crippen LogP) is 0.970. The van der Waals surface area contributed by atoms with Crippen molar-refractivity contribution in [2.75, 3.05) is 6.54 Å². The summed E-state index contributed by atoms with van der Waals surface area (Å²) in [4.78, 5) is 24.9. The van der Waals surface area contributed by atoms with Crippen molar-refractivity contribution in [3.8, 4) is 0 Å². The molecule has 2 atom stereocenters. The summed E-state index contributed by atoms with van der Waals surface area (Å²) < 4.78 is 0. The SMILES string of the molecule is NC(C(=O)N1CCC[C@H]1C(=O)O)C1CCCCC1. The standard InChI is InChI=1S/C13H22N2O3/c14-11(9-5-2-1-3-6-9)12(16)15-8-4-7-10(15)13(17)18/h9-11H,1-8,14H2,(H,17,18)/t10-,11?/m0/s1. The molecule has 0 radical (unpaired) electrons. The van der Waals surface area contributed by atoms with Gasteiger partial charge in [0.25, 0.3) is 0 Å². The Morgan fingerprint density at radius 2 is 1.78 bits per heavy atom. The number of rotatable bonds is 3. The number of hydrogen-bond acceptors (Lipinski definition) is 3. The summed E-state index contributed by atoms with van der Waals surface area (Å²) >= 11 is 0. The minimum absolute atomic E-state index is 0.160. The van der Waals surface area contributed by atoms with Crippen molar-refractivity contribution in [3.05, 3.63) is 0 Å². The van der Waals surface area contributed by atoms with Crippen LogP contribution in [0.5, 0.6) is 0 Å². The van der Waals surface area contributed by atoms with Gasteiger partial charge in [-0.25, -0.2) is 4.79 Å².